The number of hydrogen-bond acceptors (Lipinski definition) is 3. The smallest absolute Gasteiger partial charge is 0.313 e. The third-order valence-corrected chi connectivity index (χ3v) is 1.53. The van der Waals surface area contributed by atoms with Crippen molar-refractivity contribution in [2.24, 2.45) is 0 Å². The van der Waals surface area contributed by atoms with Gasteiger partial charge in [0, 0.05) is 0 Å². The van der Waals surface area contributed by atoms with Crippen molar-refractivity contribution in [3.63, 3.8) is 0 Å². The molecular weight excluding hydrogens is 182 g/mol. The molecule has 4 heteroatoms. The Balaban J connectivity index is 3.89. The topological polar surface area (TPSA) is 43.4 Å². The zero-order chi connectivity index (χ0) is 11.4. The molecule has 0 N–H and O–H groups in total. The molecule has 0 spiro atoms. The Kier molecular flexibility index (Phi) is 4.77. The van der Waals surface area contributed by atoms with E-state index in [1.807, 2.05) is 28.1 Å². The Morgan fingerprint density at radius 2 is 1.79 bits per heavy atom. The van der Waals surface area contributed by atoms with Crippen molar-refractivity contribution in [1.29, 1.82) is 0 Å². The number of ketones is 1. The van der Waals surface area contributed by atoms with Crippen LogP contribution in [0.15, 0.2) is 0 Å². The van der Waals surface area contributed by atoms with E-state index in [4.69, 9.17) is 4.74 Å². The quantitative estimate of drug-likeness (QED) is 0.372. The lowest BCUT2D eigenvalue weighted by Crippen LogP contribution is -2.42. The minimum absolute atomic E-state index is 0.124. The maximum Gasteiger partial charge on any atom is 0.313 e. The standard InChI is InChI=1S/C10H20NO3/c1-8(12)6-10(13)14-9(2)7-11(3,4)5/h9H,6-7H2,1-5H3/q+1. The van der Waals surface area contributed by atoms with Gasteiger partial charge in [-0.3, -0.25) is 9.59 Å². The van der Waals surface area contributed by atoms with Crippen LogP contribution in [0.5, 0.6) is 0 Å². The lowest BCUT2D eigenvalue weighted by atomic mass is 10.3. The molecule has 0 bridgehead atoms. The van der Waals surface area contributed by atoms with Crippen LogP contribution in [0.2, 0.25) is 0 Å². The Labute approximate surface area is 85.4 Å². The second kappa shape index (κ2) is 5.10. The number of Topliss-reactive ketones (excluding diaryl/α,β-unsaturated/α-hetero) is 1. The molecule has 0 aliphatic rings. The van der Waals surface area contributed by atoms with Crippen molar-refractivity contribution >= 4 is 11.8 Å². The maximum atomic E-state index is 11.1. The van der Waals surface area contributed by atoms with E-state index in [0.29, 0.717) is 0 Å². The molecule has 0 radical (unpaired) electrons. The van der Waals surface area contributed by atoms with Crippen LogP contribution in [-0.2, 0) is 14.3 Å². The lowest BCUT2D eigenvalue weighted by molar-refractivity contribution is -0.873. The summed E-state index contributed by atoms with van der Waals surface area (Å²) < 4.78 is 5.79. The van der Waals surface area contributed by atoms with E-state index in [0.717, 1.165) is 11.0 Å². The number of nitrogens with zero attached hydrogens (tertiary/aromatic N) is 1. The van der Waals surface area contributed by atoms with Gasteiger partial charge in [0.25, 0.3) is 0 Å². The monoisotopic (exact) mass is 202 g/mol. The first-order valence-electron chi connectivity index (χ1n) is 4.70. The zero-order valence-corrected chi connectivity index (χ0v) is 9.66. The van der Waals surface area contributed by atoms with Crippen LogP contribution in [-0.4, -0.2) is 50.0 Å². The van der Waals surface area contributed by atoms with Gasteiger partial charge in [-0.1, -0.05) is 0 Å². The molecule has 0 heterocycles. The second-order valence-corrected chi connectivity index (χ2v) is 4.65. The fraction of sp³-hybridized carbons (Fsp3) is 0.800. The molecule has 82 valence electrons. The Hall–Kier alpha value is -0.900. The van der Waals surface area contributed by atoms with Crippen LogP contribution in [0.3, 0.4) is 0 Å². The molecule has 1 atom stereocenters. The molecule has 1 unspecified atom stereocenters. The fourth-order valence-corrected chi connectivity index (χ4v) is 1.28. The number of rotatable bonds is 5. The Morgan fingerprint density at radius 1 is 1.29 bits per heavy atom. The molecule has 0 saturated heterocycles. The summed E-state index contributed by atoms with van der Waals surface area (Å²) in [6, 6.07) is 0. The van der Waals surface area contributed by atoms with Crippen molar-refractivity contribution in [3.05, 3.63) is 0 Å². The molecule has 0 aliphatic heterocycles. The molecular formula is C10H20NO3+. The van der Waals surface area contributed by atoms with Crippen molar-refractivity contribution in [2.75, 3.05) is 27.7 Å². The third kappa shape index (κ3) is 7.73. The van der Waals surface area contributed by atoms with Gasteiger partial charge in [-0.25, -0.2) is 0 Å². The van der Waals surface area contributed by atoms with Crippen molar-refractivity contribution in [1.82, 2.24) is 0 Å². The average Bonchev–Trinajstić information content (AvgIpc) is 1.77. The molecule has 0 rings (SSSR count). The van der Waals surface area contributed by atoms with E-state index < -0.39 is 5.97 Å². The summed E-state index contributed by atoms with van der Waals surface area (Å²) in [6.07, 6.45) is -0.275. The summed E-state index contributed by atoms with van der Waals surface area (Å²) in [6.45, 7) is 3.96. The minimum Gasteiger partial charge on any atom is -0.456 e. The van der Waals surface area contributed by atoms with Crippen molar-refractivity contribution in [3.8, 4) is 0 Å². The Morgan fingerprint density at radius 3 is 2.14 bits per heavy atom. The van der Waals surface area contributed by atoms with Gasteiger partial charge in [0.15, 0.2) is 0 Å². The fourth-order valence-electron chi connectivity index (χ4n) is 1.28. The van der Waals surface area contributed by atoms with Gasteiger partial charge in [-0.15, -0.1) is 0 Å². The summed E-state index contributed by atoms with van der Waals surface area (Å²) >= 11 is 0. The molecule has 0 aromatic rings. The van der Waals surface area contributed by atoms with Gasteiger partial charge in [0.2, 0.25) is 0 Å². The number of carbonyl (C=O) groups excluding carboxylic acids is 2. The van der Waals surface area contributed by atoms with Crippen LogP contribution in [0.4, 0.5) is 0 Å². The van der Waals surface area contributed by atoms with Crippen LogP contribution < -0.4 is 0 Å². The van der Waals surface area contributed by atoms with Gasteiger partial charge in [-0.05, 0) is 13.8 Å². The van der Waals surface area contributed by atoms with E-state index >= 15 is 0 Å². The van der Waals surface area contributed by atoms with E-state index in [2.05, 4.69) is 0 Å². The number of likely N-dealkylation sites (N-methyl/N-ethyl adjacent to an activating group) is 1. The van der Waals surface area contributed by atoms with Crippen LogP contribution in [0.1, 0.15) is 20.3 Å². The van der Waals surface area contributed by atoms with Crippen molar-refractivity contribution < 1.29 is 18.8 Å². The van der Waals surface area contributed by atoms with Gasteiger partial charge >= 0.3 is 5.97 Å². The first-order chi connectivity index (χ1) is 6.20. The summed E-state index contributed by atoms with van der Waals surface area (Å²) in [5.41, 5.74) is 0. The SMILES string of the molecule is CC(=O)CC(=O)OC(C)C[N+](C)(C)C. The van der Waals surface area contributed by atoms with Crippen LogP contribution >= 0.6 is 0 Å². The highest BCUT2D eigenvalue weighted by Gasteiger charge is 2.17. The minimum atomic E-state index is -0.432. The van der Waals surface area contributed by atoms with E-state index in [1.54, 1.807) is 0 Å². The molecule has 14 heavy (non-hydrogen) atoms. The third-order valence-electron chi connectivity index (χ3n) is 1.53. The summed E-state index contributed by atoms with van der Waals surface area (Å²) in [5, 5.41) is 0. The highest BCUT2D eigenvalue weighted by atomic mass is 16.5. The first-order valence-corrected chi connectivity index (χ1v) is 4.70. The summed E-state index contributed by atoms with van der Waals surface area (Å²) in [4.78, 5) is 21.7. The number of carbonyl (C=O) groups is 2. The predicted octanol–water partition coefficient (Wildman–Crippen LogP) is 0.603. The lowest BCUT2D eigenvalue weighted by Gasteiger charge is -2.27. The molecule has 4 nitrogen and oxygen atoms in total. The maximum absolute atomic E-state index is 11.1. The average molecular weight is 202 g/mol. The molecule has 0 amide bonds. The number of quaternary nitrogens is 1. The van der Waals surface area contributed by atoms with Crippen molar-refractivity contribution in [2.45, 2.75) is 26.4 Å². The summed E-state index contributed by atoms with van der Waals surface area (Å²) in [7, 11) is 6.07. The van der Waals surface area contributed by atoms with Gasteiger partial charge in [0.05, 0.1) is 21.1 Å². The van der Waals surface area contributed by atoms with Crippen LogP contribution in [0, 0.1) is 0 Å². The van der Waals surface area contributed by atoms with Gasteiger partial charge in [-0.2, -0.15) is 0 Å². The van der Waals surface area contributed by atoms with Gasteiger partial charge < -0.3 is 9.22 Å². The molecule has 0 aromatic heterocycles. The van der Waals surface area contributed by atoms with E-state index in [1.165, 1.54) is 6.92 Å². The molecule has 0 saturated carbocycles. The second-order valence-electron chi connectivity index (χ2n) is 4.65. The largest absolute Gasteiger partial charge is 0.456 e. The predicted molar refractivity (Wildman–Crippen MR) is 53.8 cm³/mol. The van der Waals surface area contributed by atoms with E-state index in [-0.39, 0.29) is 18.3 Å². The number of ether oxygens (including phenoxy) is 1. The first kappa shape index (κ1) is 13.1. The zero-order valence-electron chi connectivity index (χ0n) is 9.66. The Bertz CT molecular complexity index is 218. The molecule has 0 fully saturated rings. The molecule has 0 aliphatic carbocycles. The van der Waals surface area contributed by atoms with Gasteiger partial charge in [0.1, 0.15) is 24.9 Å². The molecule has 0 aromatic carbocycles. The highest BCUT2D eigenvalue weighted by Crippen LogP contribution is 2.01. The van der Waals surface area contributed by atoms with Crippen LogP contribution in [0.25, 0.3) is 0 Å². The summed E-state index contributed by atoms with van der Waals surface area (Å²) in [5.74, 6) is -0.592. The normalized spacial score (nSPS) is 13.5. The van der Waals surface area contributed by atoms with E-state index in [9.17, 15) is 9.59 Å². The number of hydrogen-bond donors (Lipinski definition) is 0. The number of esters is 1. The highest BCUT2D eigenvalue weighted by molar-refractivity contribution is 5.94.